The third kappa shape index (κ3) is 4.41. The topological polar surface area (TPSA) is 91.2 Å². The fourth-order valence-electron chi connectivity index (χ4n) is 2.26. The van der Waals surface area contributed by atoms with Crippen LogP contribution < -0.4 is 14.8 Å². The van der Waals surface area contributed by atoms with Gasteiger partial charge in [0.2, 0.25) is 11.1 Å². The summed E-state index contributed by atoms with van der Waals surface area (Å²) in [5.41, 5.74) is 0.432. The Morgan fingerprint density at radius 3 is 2.80 bits per heavy atom. The number of hydrogen-bond acceptors (Lipinski definition) is 7. The fraction of sp³-hybridized carbons (Fsp3) is 0.500. The van der Waals surface area contributed by atoms with Crippen LogP contribution in [0, 0.1) is 0 Å². The van der Waals surface area contributed by atoms with Gasteiger partial charge in [0.1, 0.15) is 0 Å². The normalized spacial score (nSPS) is 14.0. The zero-order valence-corrected chi connectivity index (χ0v) is 15.3. The number of benzene rings is 1. The molecule has 1 aliphatic rings. The van der Waals surface area contributed by atoms with E-state index in [0.29, 0.717) is 35.6 Å². The minimum atomic E-state index is -0.239. The first-order valence-electron chi connectivity index (χ1n) is 8.04. The molecule has 0 saturated heterocycles. The Hall–Kier alpha value is -2.29. The van der Waals surface area contributed by atoms with E-state index in [2.05, 4.69) is 20.8 Å². The average molecular weight is 363 g/mol. The summed E-state index contributed by atoms with van der Waals surface area (Å²) in [6, 6.07) is 5.39. The van der Waals surface area contributed by atoms with Crippen molar-refractivity contribution in [3.8, 4) is 11.5 Å². The van der Waals surface area contributed by atoms with Crippen LogP contribution in [0.5, 0.6) is 11.5 Å². The zero-order chi connectivity index (χ0) is 17.9. The van der Waals surface area contributed by atoms with Gasteiger partial charge in [-0.3, -0.25) is 4.79 Å². The smallest absolute Gasteiger partial charge is 0.234 e. The Morgan fingerprint density at radius 1 is 1.28 bits per heavy atom. The van der Waals surface area contributed by atoms with E-state index in [-0.39, 0.29) is 17.2 Å². The maximum absolute atomic E-state index is 12.2. The van der Waals surface area contributed by atoms with Crippen molar-refractivity contribution < 1.29 is 14.3 Å². The highest BCUT2D eigenvalue weighted by molar-refractivity contribution is 7.99. The van der Waals surface area contributed by atoms with E-state index in [9.17, 15) is 4.79 Å². The van der Waals surface area contributed by atoms with Gasteiger partial charge in [0, 0.05) is 18.2 Å². The van der Waals surface area contributed by atoms with Crippen LogP contribution >= 0.6 is 11.8 Å². The lowest BCUT2D eigenvalue weighted by atomic mass is 10.1. The van der Waals surface area contributed by atoms with Crippen LogP contribution in [-0.2, 0) is 10.3 Å². The van der Waals surface area contributed by atoms with Gasteiger partial charge in [-0.15, -0.1) is 5.10 Å². The number of carbonyl (C=O) groups is 1. The molecule has 0 unspecified atom stereocenters. The first-order valence-corrected chi connectivity index (χ1v) is 9.03. The molecule has 1 N–H and O–H groups in total. The summed E-state index contributed by atoms with van der Waals surface area (Å²) in [4.78, 5) is 12.2. The van der Waals surface area contributed by atoms with Crippen LogP contribution in [0.3, 0.4) is 0 Å². The predicted molar refractivity (Wildman–Crippen MR) is 94.2 cm³/mol. The number of thioether (sulfide) groups is 1. The molecule has 0 aliphatic carbocycles. The van der Waals surface area contributed by atoms with Crippen molar-refractivity contribution >= 4 is 23.4 Å². The maximum atomic E-state index is 12.2. The number of amides is 1. The molecule has 0 atom stereocenters. The van der Waals surface area contributed by atoms with E-state index >= 15 is 0 Å². The van der Waals surface area contributed by atoms with Crippen LogP contribution in [-0.4, -0.2) is 45.1 Å². The summed E-state index contributed by atoms with van der Waals surface area (Å²) in [7, 11) is 0. The number of hydrogen-bond donors (Lipinski definition) is 1. The van der Waals surface area contributed by atoms with Crippen molar-refractivity contribution in [3.63, 3.8) is 0 Å². The summed E-state index contributed by atoms with van der Waals surface area (Å²) in [6.07, 6.45) is 0.843. The van der Waals surface area contributed by atoms with Gasteiger partial charge in [0.15, 0.2) is 11.5 Å². The van der Waals surface area contributed by atoms with E-state index in [1.807, 2.05) is 26.8 Å². The maximum Gasteiger partial charge on any atom is 0.234 e. The van der Waals surface area contributed by atoms with Gasteiger partial charge < -0.3 is 14.8 Å². The molecule has 0 bridgehead atoms. The Bertz CT molecular complexity index is 756. The highest BCUT2D eigenvalue weighted by Gasteiger charge is 2.20. The molecular weight excluding hydrogens is 342 g/mol. The average Bonchev–Trinajstić information content (AvgIpc) is 2.92. The van der Waals surface area contributed by atoms with E-state index in [4.69, 9.17) is 9.47 Å². The monoisotopic (exact) mass is 363 g/mol. The second-order valence-corrected chi connectivity index (χ2v) is 7.54. The van der Waals surface area contributed by atoms with Gasteiger partial charge in [0.05, 0.1) is 24.5 Å². The van der Waals surface area contributed by atoms with E-state index in [0.717, 1.165) is 6.42 Å². The van der Waals surface area contributed by atoms with Crippen molar-refractivity contribution in [2.75, 3.05) is 24.3 Å². The number of ether oxygens (including phenoxy) is 2. The molecule has 9 heteroatoms. The summed E-state index contributed by atoms with van der Waals surface area (Å²) in [6.45, 7) is 7.26. The minimum absolute atomic E-state index is 0.136. The van der Waals surface area contributed by atoms with Gasteiger partial charge in [0.25, 0.3) is 0 Å². The molecule has 0 fully saturated rings. The first kappa shape index (κ1) is 17.5. The number of nitrogens with zero attached hydrogens (tertiary/aromatic N) is 4. The third-order valence-electron chi connectivity index (χ3n) is 3.44. The lowest BCUT2D eigenvalue weighted by molar-refractivity contribution is -0.113. The summed E-state index contributed by atoms with van der Waals surface area (Å²) >= 11 is 1.30. The highest BCUT2D eigenvalue weighted by Crippen LogP contribution is 2.32. The molecular formula is C16H21N5O3S. The summed E-state index contributed by atoms with van der Waals surface area (Å²) in [5.74, 6) is 1.43. The van der Waals surface area contributed by atoms with E-state index < -0.39 is 0 Å². The Balaban J connectivity index is 1.60. The SMILES string of the molecule is CC(C)(C)n1nnnc1SCC(=O)Nc1ccc2c(c1)OCCCO2. The molecule has 134 valence electrons. The molecule has 0 spiro atoms. The molecule has 8 nitrogen and oxygen atoms in total. The number of tetrazole rings is 1. The van der Waals surface area contributed by atoms with Crippen molar-refractivity contribution in [1.29, 1.82) is 0 Å². The van der Waals surface area contributed by atoms with Crippen molar-refractivity contribution in [2.45, 2.75) is 37.9 Å². The van der Waals surface area contributed by atoms with Crippen molar-refractivity contribution in [3.05, 3.63) is 18.2 Å². The summed E-state index contributed by atoms with van der Waals surface area (Å²) < 4.78 is 12.9. The number of nitrogens with one attached hydrogen (secondary N) is 1. The third-order valence-corrected chi connectivity index (χ3v) is 4.36. The quantitative estimate of drug-likeness (QED) is 0.834. The molecule has 25 heavy (non-hydrogen) atoms. The van der Waals surface area contributed by atoms with E-state index in [1.165, 1.54) is 11.8 Å². The molecule has 3 rings (SSSR count). The number of aromatic nitrogens is 4. The lowest BCUT2D eigenvalue weighted by Gasteiger charge is -2.19. The Morgan fingerprint density at radius 2 is 2.04 bits per heavy atom. The van der Waals surface area contributed by atoms with Crippen molar-refractivity contribution in [2.24, 2.45) is 0 Å². The lowest BCUT2D eigenvalue weighted by Crippen LogP contribution is -2.24. The molecule has 1 aromatic carbocycles. The van der Waals surface area contributed by atoms with Gasteiger partial charge in [-0.25, -0.2) is 4.68 Å². The highest BCUT2D eigenvalue weighted by atomic mass is 32.2. The van der Waals surface area contributed by atoms with Gasteiger partial charge in [-0.2, -0.15) is 0 Å². The molecule has 0 saturated carbocycles. The zero-order valence-electron chi connectivity index (χ0n) is 14.5. The molecule has 1 amide bonds. The molecule has 1 aromatic heterocycles. The molecule has 1 aliphatic heterocycles. The first-order chi connectivity index (χ1) is 11.9. The van der Waals surface area contributed by atoms with Crippen molar-refractivity contribution in [1.82, 2.24) is 20.2 Å². The van der Waals surface area contributed by atoms with Crippen LogP contribution in [0.25, 0.3) is 0 Å². The van der Waals surface area contributed by atoms with Crippen LogP contribution in [0.2, 0.25) is 0 Å². The van der Waals surface area contributed by atoms with Crippen LogP contribution in [0.4, 0.5) is 5.69 Å². The van der Waals surface area contributed by atoms with Crippen LogP contribution in [0.1, 0.15) is 27.2 Å². The van der Waals surface area contributed by atoms with Gasteiger partial charge >= 0.3 is 0 Å². The minimum Gasteiger partial charge on any atom is -0.490 e. The largest absolute Gasteiger partial charge is 0.490 e. The van der Waals surface area contributed by atoms with Gasteiger partial charge in [-0.1, -0.05) is 11.8 Å². The molecule has 2 aromatic rings. The predicted octanol–water partition coefficient (Wildman–Crippen LogP) is 2.32. The summed E-state index contributed by atoms with van der Waals surface area (Å²) in [5, 5.41) is 15.1. The number of carbonyl (C=O) groups excluding carboxylic acids is 1. The Kier molecular flexibility index (Phi) is 5.12. The van der Waals surface area contributed by atoms with Gasteiger partial charge in [-0.05, 0) is 43.3 Å². The van der Waals surface area contributed by atoms with E-state index in [1.54, 1.807) is 16.8 Å². The fourth-order valence-corrected chi connectivity index (χ4v) is 3.12. The standard InChI is InChI=1S/C16H21N5O3S/c1-16(2,3)21-15(18-19-20-21)25-10-14(22)17-11-5-6-12-13(9-11)24-8-4-7-23-12/h5-6,9H,4,7-8,10H2,1-3H3,(H,17,22). The number of anilines is 1. The van der Waals surface area contributed by atoms with Crippen LogP contribution in [0.15, 0.2) is 23.4 Å². The Labute approximate surface area is 150 Å². The number of rotatable bonds is 4. The molecule has 2 heterocycles. The second-order valence-electron chi connectivity index (χ2n) is 6.59. The number of fused-ring (bicyclic) bond motifs is 1. The second kappa shape index (κ2) is 7.30. The molecule has 0 radical (unpaired) electrons.